The molecule has 0 spiro atoms. The highest BCUT2D eigenvalue weighted by atomic mass is 16.3. The Morgan fingerprint density at radius 3 is 2.24 bits per heavy atom. The normalized spacial score (nSPS) is 11.9. The van der Waals surface area contributed by atoms with Crippen LogP contribution in [0.4, 0.5) is 0 Å². The summed E-state index contributed by atoms with van der Waals surface area (Å²) < 4.78 is 0. The number of carbonyl (C=O) groups is 2. The Bertz CT molecular complexity index is 693. The number of aliphatic hydroxyl groups excluding tert-OH is 1. The molecule has 2 aromatic rings. The number of aldehydes is 1. The van der Waals surface area contributed by atoms with E-state index in [1.54, 1.807) is 18.2 Å². The lowest BCUT2D eigenvalue weighted by molar-refractivity contribution is 0.0744. The third-order valence-corrected chi connectivity index (χ3v) is 3.04. The van der Waals surface area contributed by atoms with Crippen molar-refractivity contribution in [1.29, 1.82) is 0 Å². The zero-order chi connectivity index (χ0) is 15.6. The quantitative estimate of drug-likeness (QED) is 0.385. The first-order chi connectivity index (χ1) is 9.97. The van der Waals surface area contributed by atoms with Crippen LogP contribution in [-0.4, -0.2) is 32.5 Å². The number of aliphatic hydroxyl groups is 1. The zero-order valence-corrected chi connectivity index (χ0v) is 10.7. The molecule has 4 N–H and O–H groups in total. The molecular formula is C15H12O6. The summed E-state index contributed by atoms with van der Waals surface area (Å²) in [5, 5.41) is 38.4. The Hall–Kier alpha value is -2.86. The van der Waals surface area contributed by atoms with Crippen LogP contribution in [0.5, 0.6) is 17.2 Å². The number of hydrogen-bond donors (Lipinski definition) is 4. The standard InChI is InChI=1S/C15H12O6/c16-7-10-9(6-11(17)15(21)14(10)20)13(19)12(18)8-4-2-1-3-5-8/h1-7,12,17-18,20-21H. The molecule has 2 aromatic carbocycles. The first kappa shape index (κ1) is 14.5. The van der Waals surface area contributed by atoms with Gasteiger partial charge in [0, 0.05) is 5.56 Å². The smallest absolute Gasteiger partial charge is 0.201 e. The molecule has 108 valence electrons. The number of phenols is 3. The minimum absolute atomic E-state index is 0.166. The minimum atomic E-state index is -1.56. The first-order valence-electron chi connectivity index (χ1n) is 5.97. The van der Waals surface area contributed by atoms with E-state index in [4.69, 9.17) is 0 Å². The molecule has 0 aliphatic rings. The topological polar surface area (TPSA) is 115 Å². The number of hydrogen-bond acceptors (Lipinski definition) is 6. The summed E-state index contributed by atoms with van der Waals surface area (Å²) in [4.78, 5) is 23.2. The van der Waals surface area contributed by atoms with Crippen LogP contribution in [0.25, 0.3) is 0 Å². The van der Waals surface area contributed by atoms with E-state index < -0.39 is 34.7 Å². The fourth-order valence-electron chi connectivity index (χ4n) is 1.92. The molecule has 2 rings (SSSR count). The number of Topliss-reactive ketones (excluding diaryl/α,β-unsaturated/α-hetero) is 1. The lowest BCUT2D eigenvalue weighted by atomic mass is 9.95. The molecule has 21 heavy (non-hydrogen) atoms. The molecule has 0 radical (unpaired) electrons. The maximum Gasteiger partial charge on any atom is 0.201 e. The lowest BCUT2D eigenvalue weighted by Gasteiger charge is -2.13. The lowest BCUT2D eigenvalue weighted by Crippen LogP contribution is -2.14. The summed E-state index contributed by atoms with van der Waals surface area (Å²) in [6.07, 6.45) is -1.40. The van der Waals surface area contributed by atoms with Gasteiger partial charge in [0.15, 0.2) is 23.6 Å². The summed E-state index contributed by atoms with van der Waals surface area (Å²) in [7, 11) is 0. The van der Waals surface area contributed by atoms with Crippen molar-refractivity contribution in [2.75, 3.05) is 0 Å². The van der Waals surface area contributed by atoms with E-state index in [1.165, 1.54) is 12.1 Å². The van der Waals surface area contributed by atoms with Crippen molar-refractivity contribution in [3.63, 3.8) is 0 Å². The maximum absolute atomic E-state index is 12.2. The van der Waals surface area contributed by atoms with Crippen molar-refractivity contribution in [3.8, 4) is 17.2 Å². The molecule has 0 aliphatic heterocycles. The van der Waals surface area contributed by atoms with E-state index in [2.05, 4.69) is 0 Å². The summed E-state index contributed by atoms with van der Waals surface area (Å²) in [6, 6.07) is 8.81. The average molecular weight is 288 g/mol. The van der Waals surface area contributed by atoms with E-state index in [1.807, 2.05) is 0 Å². The summed E-state index contributed by atoms with van der Waals surface area (Å²) in [6.45, 7) is 0. The third kappa shape index (κ3) is 2.56. The van der Waals surface area contributed by atoms with Gasteiger partial charge in [0.05, 0.1) is 5.56 Å². The second kappa shape index (κ2) is 5.64. The van der Waals surface area contributed by atoms with Crippen molar-refractivity contribution in [2.45, 2.75) is 6.10 Å². The molecule has 0 saturated carbocycles. The molecule has 0 saturated heterocycles. The van der Waals surface area contributed by atoms with Crippen LogP contribution >= 0.6 is 0 Å². The molecule has 0 aromatic heterocycles. The number of aromatic hydroxyl groups is 3. The molecule has 1 atom stereocenters. The summed E-state index contributed by atoms with van der Waals surface area (Å²) >= 11 is 0. The van der Waals surface area contributed by atoms with Gasteiger partial charge in [0.25, 0.3) is 0 Å². The van der Waals surface area contributed by atoms with Gasteiger partial charge in [-0.25, -0.2) is 0 Å². The largest absolute Gasteiger partial charge is 0.504 e. The van der Waals surface area contributed by atoms with Crippen LogP contribution in [0.15, 0.2) is 36.4 Å². The first-order valence-corrected chi connectivity index (χ1v) is 5.97. The predicted molar refractivity (Wildman–Crippen MR) is 72.6 cm³/mol. The Labute approximate surface area is 119 Å². The molecule has 0 fully saturated rings. The third-order valence-electron chi connectivity index (χ3n) is 3.04. The van der Waals surface area contributed by atoms with Crippen molar-refractivity contribution < 1.29 is 30.0 Å². The van der Waals surface area contributed by atoms with E-state index in [-0.39, 0.29) is 11.8 Å². The van der Waals surface area contributed by atoms with Gasteiger partial charge in [-0.1, -0.05) is 30.3 Å². The van der Waals surface area contributed by atoms with Crippen molar-refractivity contribution in [3.05, 3.63) is 53.1 Å². The van der Waals surface area contributed by atoms with Crippen molar-refractivity contribution >= 4 is 12.1 Å². The van der Waals surface area contributed by atoms with Gasteiger partial charge < -0.3 is 20.4 Å². The van der Waals surface area contributed by atoms with Crippen LogP contribution in [0.2, 0.25) is 0 Å². The number of carbonyl (C=O) groups excluding carboxylic acids is 2. The van der Waals surface area contributed by atoms with Gasteiger partial charge in [-0.05, 0) is 11.6 Å². The predicted octanol–water partition coefficient (Wildman–Crippen LogP) is 1.53. The van der Waals surface area contributed by atoms with E-state index >= 15 is 0 Å². The second-order valence-corrected chi connectivity index (χ2v) is 4.35. The van der Waals surface area contributed by atoms with Crippen molar-refractivity contribution in [2.24, 2.45) is 0 Å². The molecule has 0 amide bonds. The number of phenolic OH excluding ortho intramolecular Hbond substituents is 3. The monoisotopic (exact) mass is 288 g/mol. The molecule has 0 heterocycles. The molecule has 1 unspecified atom stereocenters. The van der Waals surface area contributed by atoms with Gasteiger partial charge >= 0.3 is 0 Å². The Morgan fingerprint density at radius 1 is 1.05 bits per heavy atom. The molecule has 0 bridgehead atoms. The maximum atomic E-state index is 12.2. The van der Waals surface area contributed by atoms with Gasteiger partial charge in [0.1, 0.15) is 6.10 Å². The van der Waals surface area contributed by atoms with Gasteiger partial charge in [0.2, 0.25) is 5.75 Å². The van der Waals surface area contributed by atoms with Crippen LogP contribution < -0.4 is 0 Å². The Kier molecular flexibility index (Phi) is 3.91. The Morgan fingerprint density at radius 2 is 1.67 bits per heavy atom. The van der Waals surface area contributed by atoms with Crippen LogP contribution in [-0.2, 0) is 0 Å². The second-order valence-electron chi connectivity index (χ2n) is 4.35. The summed E-state index contributed by atoms with van der Waals surface area (Å²) in [5.41, 5.74) is -0.578. The highest BCUT2D eigenvalue weighted by molar-refractivity contribution is 6.07. The zero-order valence-electron chi connectivity index (χ0n) is 10.7. The van der Waals surface area contributed by atoms with Crippen molar-refractivity contribution in [1.82, 2.24) is 0 Å². The fourth-order valence-corrected chi connectivity index (χ4v) is 1.92. The Balaban J connectivity index is 2.51. The fraction of sp³-hybridized carbons (Fsp3) is 0.0667. The average Bonchev–Trinajstić information content (AvgIpc) is 2.51. The minimum Gasteiger partial charge on any atom is -0.504 e. The van der Waals surface area contributed by atoms with Gasteiger partial charge in [-0.2, -0.15) is 0 Å². The molecule has 6 heteroatoms. The number of rotatable bonds is 4. The molecule has 6 nitrogen and oxygen atoms in total. The van der Waals surface area contributed by atoms with Gasteiger partial charge in [-0.3, -0.25) is 9.59 Å². The van der Waals surface area contributed by atoms with Gasteiger partial charge in [-0.15, -0.1) is 0 Å². The van der Waals surface area contributed by atoms with E-state index in [0.29, 0.717) is 5.56 Å². The van der Waals surface area contributed by atoms with Crippen LogP contribution in [0.3, 0.4) is 0 Å². The highest BCUT2D eigenvalue weighted by Crippen LogP contribution is 2.39. The van der Waals surface area contributed by atoms with Crippen LogP contribution in [0.1, 0.15) is 32.4 Å². The van der Waals surface area contributed by atoms with Crippen LogP contribution in [0, 0.1) is 0 Å². The number of ketones is 1. The summed E-state index contributed by atoms with van der Waals surface area (Å²) in [5.74, 6) is -3.45. The van der Waals surface area contributed by atoms with E-state index in [9.17, 15) is 30.0 Å². The molecular weight excluding hydrogens is 276 g/mol. The SMILES string of the molecule is O=Cc1c(C(=O)C(O)c2ccccc2)cc(O)c(O)c1O. The highest BCUT2D eigenvalue weighted by Gasteiger charge is 2.26. The van der Waals surface area contributed by atoms with E-state index in [0.717, 1.165) is 6.07 Å². The molecule has 0 aliphatic carbocycles. The number of benzene rings is 2.